The Bertz CT molecular complexity index is 1170. The van der Waals surface area contributed by atoms with Crippen LogP contribution in [-0.2, 0) is 27.2 Å². The van der Waals surface area contributed by atoms with Gasteiger partial charge in [-0.3, -0.25) is 4.79 Å². The quantitative estimate of drug-likeness (QED) is 0.409. The molecule has 0 aliphatic rings. The van der Waals surface area contributed by atoms with Crippen molar-refractivity contribution in [1.82, 2.24) is 4.57 Å². The molecule has 0 atom stereocenters. The summed E-state index contributed by atoms with van der Waals surface area (Å²) in [7, 11) is 1.36. The number of hydrogen-bond acceptors (Lipinski definition) is 5. The predicted molar refractivity (Wildman–Crippen MR) is 123 cm³/mol. The first-order valence-electron chi connectivity index (χ1n) is 10.3. The summed E-state index contributed by atoms with van der Waals surface area (Å²) in [6.07, 6.45) is 0.255. The van der Waals surface area contributed by atoms with E-state index in [2.05, 4.69) is 24.0 Å². The third-order valence-corrected chi connectivity index (χ3v) is 6.20. The lowest BCUT2D eigenvalue weighted by Gasteiger charge is -2.09. The largest absolute Gasteiger partial charge is 0.465 e. The number of benzene rings is 2. The Morgan fingerprint density at radius 3 is 2.45 bits per heavy atom. The number of aryl methyl sites for hydroxylation is 3. The van der Waals surface area contributed by atoms with Crippen LogP contribution in [0.3, 0.4) is 0 Å². The smallest absolute Gasteiger partial charge is 0.337 e. The first-order valence-corrected chi connectivity index (χ1v) is 11.1. The maximum atomic E-state index is 12.9. The van der Waals surface area contributed by atoms with Crippen LogP contribution >= 0.6 is 11.3 Å². The molecule has 0 fully saturated rings. The predicted octanol–water partition coefficient (Wildman–Crippen LogP) is 4.12. The van der Waals surface area contributed by atoms with Gasteiger partial charge in [0.05, 0.1) is 35.9 Å². The fraction of sp³-hybridized carbons (Fsp3) is 0.375. The lowest BCUT2D eigenvalue weighted by Crippen LogP contribution is -2.20. The molecule has 1 aromatic heterocycles. The topological polar surface area (TPSA) is 69.9 Å². The van der Waals surface area contributed by atoms with Gasteiger partial charge < -0.3 is 14.0 Å². The van der Waals surface area contributed by atoms with Crippen LogP contribution in [0.15, 0.2) is 35.3 Å². The lowest BCUT2D eigenvalue weighted by atomic mass is 9.97. The zero-order valence-corrected chi connectivity index (χ0v) is 19.5. The van der Waals surface area contributed by atoms with Gasteiger partial charge in [0.2, 0.25) is 0 Å². The Morgan fingerprint density at radius 2 is 1.81 bits per heavy atom. The minimum absolute atomic E-state index is 0.194. The van der Waals surface area contributed by atoms with Crippen molar-refractivity contribution < 1.29 is 19.1 Å². The highest BCUT2D eigenvalue weighted by Gasteiger charge is 2.13. The Hall–Kier alpha value is -2.77. The van der Waals surface area contributed by atoms with E-state index in [4.69, 9.17) is 9.47 Å². The van der Waals surface area contributed by atoms with Crippen LogP contribution in [-0.4, -0.2) is 36.8 Å². The van der Waals surface area contributed by atoms with Crippen LogP contribution in [0.25, 0.3) is 10.2 Å². The summed E-state index contributed by atoms with van der Waals surface area (Å²) in [4.78, 5) is 29.8. The molecule has 164 valence electrons. The number of rotatable bonds is 7. The molecule has 0 N–H and O–H groups in total. The summed E-state index contributed by atoms with van der Waals surface area (Å²) in [6, 6.07) is 9.54. The molecular formula is C24H28N2O4S. The Labute approximate surface area is 186 Å². The third-order valence-electron chi connectivity index (χ3n) is 5.16. The van der Waals surface area contributed by atoms with Crippen molar-refractivity contribution >= 4 is 33.4 Å². The van der Waals surface area contributed by atoms with Crippen molar-refractivity contribution in [3.63, 3.8) is 0 Å². The maximum absolute atomic E-state index is 12.9. The SMILES string of the molecule is CCOCCn1c(=NC(=O)Cc2c(C)cc(C)cc2C)sc2cc(C(=O)OC)ccc21. The van der Waals surface area contributed by atoms with Gasteiger partial charge in [-0.1, -0.05) is 29.0 Å². The number of hydrogen-bond donors (Lipinski definition) is 0. The fourth-order valence-corrected chi connectivity index (χ4v) is 4.82. The van der Waals surface area contributed by atoms with Gasteiger partial charge in [0.1, 0.15) is 0 Å². The van der Waals surface area contributed by atoms with Crippen LogP contribution in [0.4, 0.5) is 0 Å². The van der Waals surface area contributed by atoms with Crippen molar-refractivity contribution in [1.29, 1.82) is 0 Å². The van der Waals surface area contributed by atoms with Crippen molar-refractivity contribution in [3.8, 4) is 0 Å². The number of ether oxygens (including phenoxy) is 2. The summed E-state index contributed by atoms with van der Waals surface area (Å²) in [5.41, 5.74) is 5.79. The van der Waals surface area contributed by atoms with Crippen molar-refractivity contribution in [3.05, 3.63) is 63.0 Å². The van der Waals surface area contributed by atoms with Gasteiger partial charge in [-0.05, 0) is 62.6 Å². The van der Waals surface area contributed by atoms with Crippen LogP contribution < -0.4 is 4.80 Å². The van der Waals surface area contributed by atoms with Gasteiger partial charge in [-0.2, -0.15) is 4.99 Å². The zero-order chi connectivity index (χ0) is 22.5. The average molecular weight is 441 g/mol. The van der Waals surface area contributed by atoms with E-state index in [-0.39, 0.29) is 12.3 Å². The molecule has 0 aliphatic carbocycles. The molecule has 0 unspecified atom stereocenters. The second-order valence-corrected chi connectivity index (χ2v) is 8.48. The zero-order valence-electron chi connectivity index (χ0n) is 18.7. The molecule has 0 saturated carbocycles. The molecule has 0 aliphatic heterocycles. The van der Waals surface area contributed by atoms with E-state index in [0.29, 0.717) is 30.1 Å². The van der Waals surface area contributed by atoms with E-state index in [1.54, 1.807) is 12.1 Å². The molecule has 31 heavy (non-hydrogen) atoms. The average Bonchev–Trinajstić information content (AvgIpc) is 3.06. The molecule has 3 aromatic rings. The first kappa shape index (κ1) is 22.9. The number of amides is 1. The fourth-order valence-electron chi connectivity index (χ4n) is 3.71. The highest BCUT2D eigenvalue weighted by molar-refractivity contribution is 7.16. The van der Waals surface area contributed by atoms with Gasteiger partial charge in [0, 0.05) is 13.2 Å². The Balaban J connectivity index is 2.02. The van der Waals surface area contributed by atoms with Crippen LogP contribution in [0.1, 0.15) is 39.5 Å². The first-order chi connectivity index (χ1) is 14.8. The van der Waals surface area contributed by atoms with Gasteiger partial charge in [0.25, 0.3) is 5.91 Å². The Kier molecular flexibility index (Phi) is 7.41. The molecule has 0 spiro atoms. The number of methoxy groups -OCH3 is 1. The standard InChI is InChI=1S/C24H28N2O4S/c1-6-30-10-9-26-20-8-7-18(23(28)29-5)13-21(20)31-24(26)25-22(27)14-19-16(3)11-15(2)12-17(19)4/h7-8,11-13H,6,9-10,14H2,1-5H3. The highest BCUT2D eigenvalue weighted by atomic mass is 32.1. The van der Waals surface area contributed by atoms with E-state index in [1.165, 1.54) is 24.0 Å². The van der Waals surface area contributed by atoms with E-state index in [9.17, 15) is 9.59 Å². The third kappa shape index (κ3) is 5.29. The number of aromatic nitrogens is 1. The molecule has 1 heterocycles. The molecule has 2 aromatic carbocycles. The maximum Gasteiger partial charge on any atom is 0.337 e. The summed E-state index contributed by atoms with van der Waals surface area (Å²) >= 11 is 1.39. The molecule has 0 saturated heterocycles. The summed E-state index contributed by atoms with van der Waals surface area (Å²) in [5.74, 6) is -0.587. The van der Waals surface area contributed by atoms with Crippen molar-refractivity contribution in [2.75, 3.05) is 20.3 Å². The van der Waals surface area contributed by atoms with Crippen LogP contribution in [0.2, 0.25) is 0 Å². The number of nitrogens with zero attached hydrogens (tertiary/aromatic N) is 2. The van der Waals surface area contributed by atoms with E-state index >= 15 is 0 Å². The molecule has 0 radical (unpaired) electrons. The van der Waals surface area contributed by atoms with E-state index in [0.717, 1.165) is 26.9 Å². The number of thiazole rings is 1. The number of carbonyl (C=O) groups excluding carboxylic acids is 2. The minimum Gasteiger partial charge on any atom is -0.465 e. The van der Waals surface area contributed by atoms with Gasteiger partial charge >= 0.3 is 5.97 Å². The summed E-state index contributed by atoms with van der Waals surface area (Å²) < 4.78 is 13.2. The monoisotopic (exact) mass is 440 g/mol. The van der Waals surface area contributed by atoms with Gasteiger partial charge in [0.15, 0.2) is 4.80 Å². The lowest BCUT2D eigenvalue weighted by molar-refractivity contribution is -0.117. The normalized spacial score (nSPS) is 11.8. The summed E-state index contributed by atoms with van der Waals surface area (Å²) in [5, 5.41) is 0. The van der Waals surface area contributed by atoms with Crippen LogP contribution in [0, 0.1) is 20.8 Å². The minimum atomic E-state index is -0.393. The number of carbonyl (C=O) groups is 2. The molecule has 1 amide bonds. The van der Waals surface area contributed by atoms with Gasteiger partial charge in [-0.15, -0.1) is 0 Å². The molecule has 3 rings (SSSR count). The van der Waals surface area contributed by atoms with Crippen molar-refractivity contribution in [2.24, 2.45) is 4.99 Å². The number of esters is 1. The molecule has 6 nitrogen and oxygen atoms in total. The van der Waals surface area contributed by atoms with Crippen LogP contribution in [0.5, 0.6) is 0 Å². The molecule has 7 heteroatoms. The van der Waals surface area contributed by atoms with Crippen molar-refractivity contribution in [2.45, 2.75) is 40.7 Å². The molecular weight excluding hydrogens is 412 g/mol. The van der Waals surface area contributed by atoms with E-state index < -0.39 is 5.97 Å². The second kappa shape index (κ2) is 10.0. The Morgan fingerprint density at radius 1 is 1.10 bits per heavy atom. The highest BCUT2D eigenvalue weighted by Crippen LogP contribution is 2.21. The van der Waals surface area contributed by atoms with E-state index in [1.807, 2.05) is 31.4 Å². The number of fused-ring (bicyclic) bond motifs is 1. The second-order valence-electron chi connectivity index (χ2n) is 7.47. The molecule has 0 bridgehead atoms. The van der Waals surface area contributed by atoms with Gasteiger partial charge in [-0.25, -0.2) is 4.79 Å². The summed E-state index contributed by atoms with van der Waals surface area (Å²) in [6.45, 7) is 9.75.